The number of hydrogen-bond acceptors (Lipinski definition) is 3. The van der Waals surface area contributed by atoms with Crippen molar-refractivity contribution in [3.05, 3.63) is 46.6 Å². The molecule has 0 radical (unpaired) electrons. The number of halogens is 1. The molecular weight excluding hydrogens is 268 g/mol. The molecule has 0 saturated carbocycles. The maximum atomic E-state index is 12.1. The molecule has 7 heteroatoms. The van der Waals surface area contributed by atoms with E-state index >= 15 is 0 Å². The smallest absolute Gasteiger partial charge is 0.258 e. The first-order valence-electron chi connectivity index (χ1n) is 5.38. The molecule has 0 saturated heterocycles. The van der Waals surface area contributed by atoms with Crippen LogP contribution >= 0.6 is 11.6 Å². The Labute approximate surface area is 114 Å². The minimum Gasteiger partial charge on any atom is -0.365 e. The van der Waals surface area contributed by atoms with Gasteiger partial charge in [0.25, 0.3) is 11.8 Å². The summed E-state index contributed by atoms with van der Waals surface area (Å²) in [6.07, 6.45) is 1.30. The van der Waals surface area contributed by atoms with E-state index < -0.39 is 11.8 Å². The van der Waals surface area contributed by atoms with Crippen molar-refractivity contribution in [2.45, 2.75) is 0 Å². The molecule has 0 spiro atoms. The minimum atomic E-state index is -0.664. The number of nitrogens with one attached hydrogen (secondary N) is 1. The number of carbonyl (C=O) groups is 2. The van der Waals surface area contributed by atoms with E-state index in [1.165, 1.54) is 10.9 Å². The van der Waals surface area contributed by atoms with E-state index in [4.69, 9.17) is 17.3 Å². The highest BCUT2D eigenvalue weighted by atomic mass is 35.5. The van der Waals surface area contributed by atoms with Crippen LogP contribution in [-0.4, -0.2) is 21.6 Å². The van der Waals surface area contributed by atoms with Gasteiger partial charge in [-0.2, -0.15) is 5.10 Å². The van der Waals surface area contributed by atoms with E-state index in [9.17, 15) is 9.59 Å². The van der Waals surface area contributed by atoms with Crippen molar-refractivity contribution >= 4 is 29.2 Å². The Balaban J connectivity index is 2.32. The van der Waals surface area contributed by atoms with Gasteiger partial charge in [0.2, 0.25) is 0 Å². The van der Waals surface area contributed by atoms with Gasteiger partial charge in [-0.3, -0.25) is 14.3 Å². The summed E-state index contributed by atoms with van der Waals surface area (Å²) in [6, 6.07) is 6.60. The minimum absolute atomic E-state index is 0.142. The van der Waals surface area contributed by atoms with Gasteiger partial charge < -0.3 is 11.1 Å². The monoisotopic (exact) mass is 278 g/mol. The molecule has 19 heavy (non-hydrogen) atoms. The third-order valence-electron chi connectivity index (χ3n) is 2.55. The zero-order chi connectivity index (χ0) is 14.0. The molecule has 98 valence electrons. The number of primary amides is 1. The Hall–Kier alpha value is -2.34. The second-order valence-corrected chi connectivity index (χ2v) is 4.24. The van der Waals surface area contributed by atoms with Gasteiger partial charge in [0.1, 0.15) is 11.4 Å². The van der Waals surface area contributed by atoms with Crippen LogP contribution in [0.3, 0.4) is 0 Å². The summed E-state index contributed by atoms with van der Waals surface area (Å²) in [5, 5.41) is 6.77. The topological polar surface area (TPSA) is 90.0 Å². The molecule has 1 aromatic carbocycles. The molecule has 0 bridgehead atoms. The van der Waals surface area contributed by atoms with Gasteiger partial charge in [0.15, 0.2) is 0 Å². The van der Waals surface area contributed by atoms with E-state index in [1.54, 1.807) is 31.3 Å². The summed E-state index contributed by atoms with van der Waals surface area (Å²) < 4.78 is 1.36. The van der Waals surface area contributed by atoms with Crippen LogP contribution in [0.1, 0.15) is 20.7 Å². The normalized spacial score (nSPS) is 10.2. The standard InChI is InChI=1S/C12H11ClN4O2/c1-17-11(8(6-15-17)10(14)18)16-12(19)7-4-2-3-5-9(7)13/h2-6H,1H3,(H2,14,18)(H,16,19). The number of anilines is 1. The predicted octanol–water partition coefficient (Wildman–Crippen LogP) is 1.42. The van der Waals surface area contributed by atoms with E-state index in [-0.39, 0.29) is 11.4 Å². The Morgan fingerprint density at radius 1 is 1.32 bits per heavy atom. The van der Waals surface area contributed by atoms with Crippen LogP contribution in [0.2, 0.25) is 5.02 Å². The number of aryl methyl sites for hydroxylation is 1. The van der Waals surface area contributed by atoms with Gasteiger partial charge in [0.05, 0.1) is 16.8 Å². The molecule has 0 fully saturated rings. The Morgan fingerprint density at radius 3 is 2.63 bits per heavy atom. The van der Waals surface area contributed by atoms with Crippen molar-refractivity contribution in [3.8, 4) is 0 Å². The average Bonchev–Trinajstić information content (AvgIpc) is 2.71. The van der Waals surface area contributed by atoms with Crippen LogP contribution in [-0.2, 0) is 7.05 Å². The predicted molar refractivity (Wildman–Crippen MR) is 71.1 cm³/mol. The molecule has 0 aliphatic carbocycles. The summed E-state index contributed by atoms with van der Waals surface area (Å²) in [4.78, 5) is 23.3. The van der Waals surface area contributed by atoms with Crippen LogP contribution in [0, 0.1) is 0 Å². The molecule has 0 aliphatic rings. The fraction of sp³-hybridized carbons (Fsp3) is 0.0833. The molecule has 3 N–H and O–H groups in total. The van der Waals surface area contributed by atoms with Crippen molar-refractivity contribution in [1.82, 2.24) is 9.78 Å². The molecular formula is C12H11ClN4O2. The number of hydrogen-bond donors (Lipinski definition) is 2. The van der Waals surface area contributed by atoms with Gasteiger partial charge in [-0.05, 0) is 12.1 Å². The number of amides is 2. The molecule has 2 rings (SSSR count). The van der Waals surface area contributed by atoms with Gasteiger partial charge >= 0.3 is 0 Å². The number of nitrogens with zero attached hydrogens (tertiary/aromatic N) is 2. The first-order valence-corrected chi connectivity index (χ1v) is 5.76. The van der Waals surface area contributed by atoms with Crippen molar-refractivity contribution in [3.63, 3.8) is 0 Å². The van der Waals surface area contributed by atoms with Crippen LogP contribution in [0.5, 0.6) is 0 Å². The van der Waals surface area contributed by atoms with Gasteiger partial charge in [-0.15, -0.1) is 0 Å². The lowest BCUT2D eigenvalue weighted by Gasteiger charge is -2.08. The summed E-state index contributed by atoms with van der Waals surface area (Å²) in [5.74, 6) is -0.864. The highest BCUT2D eigenvalue weighted by Gasteiger charge is 2.17. The SMILES string of the molecule is Cn1ncc(C(N)=O)c1NC(=O)c1ccccc1Cl. The molecule has 2 aromatic rings. The number of carbonyl (C=O) groups excluding carboxylic acids is 2. The van der Waals surface area contributed by atoms with E-state index in [2.05, 4.69) is 10.4 Å². The zero-order valence-corrected chi connectivity index (χ0v) is 10.8. The average molecular weight is 279 g/mol. The molecule has 0 atom stereocenters. The fourth-order valence-corrected chi connectivity index (χ4v) is 1.81. The maximum absolute atomic E-state index is 12.1. The number of aromatic nitrogens is 2. The van der Waals surface area contributed by atoms with Gasteiger partial charge in [-0.25, -0.2) is 0 Å². The van der Waals surface area contributed by atoms with E-state index in [1.807, 2.05) is 0 Å². The summed E-state index contributed by atoms with van der Waals surface area (Å²) >= 11 is 5.93. The Morgan fingerprint density at radius 2 is 2.00 bits per heavy atom. The Kier molecular flexibility index (Phi) is 3.52. The number of benzene rings is 1. The van der Waals surface area contributed by atoms with E-state index in [0.29, 0.717) is 10.6 Å². The molecule has 6 nitrogen and oxygen atoms in total. The number of nitrogens with two attached hydrogens (primary N) is 1. The summed E-state index contributed by atoms with van der Waals surface area (Å²) in [6.45, 7) is 0. The molecule has 2 amide bonds. The van der Waals surface area contributed by atoms with Crippen LogP contribution < -0.4 is 11.1 Å². The van der Waals surface area contributed by atoms with Crippen LogP contribution in [0.15, 0.2) is 30.5 Å². The molecule has 1 heterocycles. The highest BCUT2D eigenvalue weighted by molar-refractivity contribution is 6.34. The third-order valence-corrected chi connectivity index (χ3v) is 2.88. The number of rotatable bonds is 3. The Bertz CT molecular complexity index is 651. The maximum Gasteiger partial charge on any atom is 0.258 e. The zero-order valence-electron chi connectivity index (χ0n) is 10.1. The molecule has 0 aliphatic heterocycles. The van der Waals surface area contributed by atoms with Crippen molar-refractivity contribution in [1.29, 1.82) is 0 Å². The van der Waals surface area contributed by atoms with Crippen molar-refractivity contribution < 1.29 is 9.59 Å². The second kappa shape index (κ2) is 5.11. The van der Waals surface area contributed by atoms with Gasteiger partial charge in [0, 0.05) is 7.05 Å². The van der Waals surface area contributed by atoms with Crippen LogP contribution in [0.25, 0.3) is 0 Å². The van der Waals surface area contributed by atoms with Crippen molar-refractivity contribution in [2.24, 2.45) is 12.8 Å². The first kappa shape index (κ1) is 13.1. The first-order chi connectivity index (χ1) is 9.00. The third kappa shape index (κ3) is 2.58. The summed E-state index contributed by atoms with van der Waals surface area (Å²) in [7, 11) is 1.59. The lowest BCUT2D eigenvalue weighted by atomic mass is 10.2. The second-order valence-electron chi connectivity index (χ2n) is 3.83. The van der Waals surface area contributed by atoms with Crippen molar-refractivity contribution in [2.75, 3.05) is 5.32 Å². The van der Waals surface area contributed by atoms with E-state index in [0.717, 1.165) is 0 Å². The largest absolute Gasteiger partial charge is 0.365 e. The van der Waals surface area contributed by atoms with Crippen LogP contribution in [0.4, 0.5) is 5.82 Å². The lowest BCUT2D eigenvalue weighted by molar-refractivity contribution is 0.100. The lowest BCUT2D eigenvalue weighted by Crippen LogP contribution is -2.19. The van der Waals surface area contributed by atoms with Gasteiger partial charge in [-0.1, -0.05) is 23.7 Å². The fourth-order valence-electron chi connectivity index (χ4n) is 1.59. The molecule has 0 unspecified atom stereocenters. The molecule has 1 aromatic heterocycles. The summed E-state index contributed by atoms with van der Waals surface area (Å²) in [5.41, 5.74) is 5.65. The highest BCUT2D eigenvalue weighted by Crippen LogP contribution is 2.19. The quantitative estimate of drug-likeness (QED) is 0.890.